The number of oxazole rings is 2. The van der Waals surface area contributed by atoms with Crippen LogP contribution in [0.3, 0.4) is 0 Å². The summed E-state index contributed by atoms with van der Waals surface area (Å²) in [6, 6.07) is 7.69. The molecule has 5 heteroatoms. The smallest absolute Gasteiger partial charge is 0.225 e. The van der Waals surface area contributed by atoms with Crippen LogP contribution in [0.15, 0.2) is 58.0 Å². The zero-order chi connectivity index (χ0) is 10.8. The molecule has 0 saturated heterocycles. The van der Waals surface area contributed by atoms with E-state index in [1.54, 1.807) is 24.9 Å². The minimum absolute atomic E-state index is 0. The second kappa shape index (κ2) is 5.06. The van der Waals surface area contributed by atoms with Gasteiger partial charge in [-0.15, -0.1) is 0 Å². The van der Waals surface area contributed by atoms with Crippen LogP contribution in [0.4, 0.5) is 0 Å². The van der Waals surface area contributed by atoms with E-state index in [-0.39, 0.29) is 19.5 Å². The third kappa shape index (κ3) is 2.34. The van der Waals surface area contributed by atoms with Crippen LogP contribution in [0.2, 0.25) is 0 Å². The maximum absolute atomic E-state index is 5.20. The van der Waals surface area contributed by atoms with Crippen molar-refractivity contribution >= 4 is 0 Å². The summed E-state index contributed by atoms with van der Waals surface area (Å²) in [5, 5.41) is 0. The van der Waals surface area contributed by atoms with Gasteiger partial charge in [0.1, 0.15) is 12.5 Å². The van der Waals surface area contributed by atoms with Crippen LogP contribution in [0.25, 0.3) is 22.9 Å². The predicted octanol–water partition coefficient (Wildman–Crippen LogP) is 2.99. The maximum atomic E-state index is 5.20. The molecule has 0 bridgehead atoms. The Kier molecular flexibility index (Phi) is 3.50. The molecule has 0 aliphatic rings. The molecule has 4 nitrogen and oxygen atoms in total. The van der Waals surface area contributed by atoms with Crippen molar-refractivity contribution in [2.45, 2.75) is 0 Å². The molecular weight excluding hydrogens is 270 g/mol. The third-order valence-electron chi connectivity index (χ3n) is 2.24. The first kappa shape index (κ1) is 11.7. The standard InChI is InChI=1S/C12H8N2O2.Zn/c1-2-10(12-14-6-8-16-12)4-3-9(1)11-13-5-7-15-11;/h1-8H;. The number of benzene rings is 1. The largest absolute Gasteiger partial charge is 0.445 e. The Hall–Kier alpha value is -1.74. The summed E-state index contributed by atoms with van der Waals surface area (Å²) in [6.45, 7) is 0. The summed E-state index contributed by atoms with van der Waals surface area (Å²) in [5.41, 5.74) is 1.86. The topological polar surface area (TPSA) is 52.1 Å². The van der Waals surface area contributed by atoms with E-state index in [0.29, 0.717) is 11.8 Å². The first-order chi connectivity index (χ1) is 7.93. The Morgan fingerprint density at radius 3 is 1.41 bits per heavy atom. The molecule has 0 atom stereocenters. The molecule has 0 amide bonds. The van der Waals surface area contributed by atoms with Gasteiger partial charge < -0.3 is 8.83 Å². The fourth-order valence-electron chi connectivity index (χ4n) is 1.49. The van der Waals surface area contributed by atoms with E-state index in [2.05, 4.69) is 9.97 Å². The summed E-state index contributed by atoms with van der Waals surface area (Å²) >= 11 is 0. The van der Waals surface area contributed by atoms with Crippen molar-refractivity contribution in [2.24, 2.45) is 0 Å². The fourth-order valence-corrected chi connectivity index (χ4v) is 1.49. The molecule has 0 radical (unpaired) electrons. The Bertz CT molecular complexity index is 506. The molecule has 2 heterocycles. The van der Waals surface area contributed by atoms with Crippen molar-refractivity contribution in [3.63, 3.8) is 0 Å². The van der Waals surface area contributed by atoms with Crippen LogP contribution in [-0.2, 0) is 19.5 Å². The molecule has 0 N–H and O–H groups in total. The summed E-state index contributed by atoms with van der Waals surface area (Å²) in [5.74, 6) is 1.22. The summed E-state index contributed by atoms with van der Waals surface area (Å²) < 4.78 is 10.4. The minimum Gasteiger partial charge on any atom is -0.445 e. The van der Waals surface area contributed by atoms with E-state index in [0.717, 1.165) is 11.1 Å². The van der Waals surface area contributed by atoms with Gasteiger partial charge in [0, 0.05) is 30.6 Å². The number of nitrogens with zero attached hydrogens (tertiary/aromatic N) is 2. The van der Waals surface area contributed by atoms with Crippen molar-refractivity contribution in [2.75, 3.05) is 0 Å². The van der Waals surface area contributed by atoms with E-state index in [4.69, 9.17) is 8.83 Å². The summed E-state index contributed by atoms with van der Waals surface area (Å²) in [6.07, 6.45) is 6.35. The molecule has 3 rings (SSSR count). The van der Waals surface area contributed by atoms with E-state index in [9.17, 15) is 0 Å². The fraction of sp³-hybridized carbons (Fsp3) is 0. The van der Waals surface area contributed by atoms with Gasteiger partial charge in [-0.25, -0.2) is 9.97 Å². The first-order valence-corrected chi connectivity index (χ1v) is 4.83. The van der Waals surface area contributed by atoms with Crippen LogP contribution in [0.1, 0.15) is 0 Å². The van der Waals surface area contributed by atoms with Gasteiger partial charge in [-0.2, -0.15) is 0 Å². The van der Waals surface area contributed by atoms with E-state index in [1.807, 2.05) is 24.3 Å². The molecule has 0 unspecified atom stereocenters. The van der Waals surface area contributed by atoms with Gasteiger partial charge >= 0.3 is 0 Å². The number of aromatic nitrogens is 2. The molecule has 2 aromatic heterocycles. The zero-order valence-corrected chi connectivity index (χ0v) is 12.0. The molecule has 0 saturated carbocycles. The Morgan fingerprint density at radius 1 is 0.706 bits per heavy atom. The van der Waals surface area contributed by atoms with E-state index < -0.39 is 0 Å². The molecule has 80 valence electrons. The van der Waals surface area contributed by atoms with Gasteiger partial charge in [-0.3, -0.25) is 0 Å². The van der Waals surface area contributed by atoms with Gasteiger partial charge in [0.25, 0.3) is 0 Å². The number of hydrogen-bond donors (Lipinski definition) is 0. The van der Waals surface area contributed by atoms with Crippen LogP contribution < -0.4 is 0 Å². The summed E-state index contributed by atoms with van der Waals surface area (Å²) in [7, 11) is 0. The molecule has 0 aliphatic heterocycles. The molecule has 0 fully saturated rings. The Balaban J connectivity index is 0.00000108. The van der Waals surface area contributed by atoms with Crippen molar-refractivity contribution in [1.29, 1.82) is 0 Å². The average molecular weight is 278 g/mol. The van der Waals surface area contributed by atoms with Gasteiger partial charge in [-0.1, -0.05) is 0 Å². The second-order valence-electron chi connectivity index (χ2n) is 3.25. The monoisotopic (exact) mass is 276 g/mol. The molecular formula is C12H8N2O2Zn. The molecule has 1 aromatic carbocycles. The molecule has 17 heavy (non-hydrogen) atoms. The Morgan fingerprint density at radius 2 is 1.12 bits per heavy atom. The van der Waals surface area contributed by atoms with Crippen molar-refractivity contribution in [3.05, 3.63) is 49.2 Å². The molecule has 3 aromatic rings. The first-order valence-electron chi connectivity index (χ1n) is 4.83. The summed E-state index contributed by atoms with van der Waals surface area (Å²) in [4.78, 5) is 8.15. The van der Waals surface area contributed by atoms with Gasteiger partial charge in [0.15, 0.2) is 0 Å². The Labute approximate surface area is 110 Å². The van der Waals surface area contributed by atoms with Gasteiger partial charge in [0.2, 0.25) is 11.8 Å². The SMILES string of the molecule is [Zn].c1coc(-c2ccc(-c3ncco3)cc2)n1. The van der Waals surface area contributed by atoms with E-state index >= 15 is 0 Å². The van der Waals surface area contributed by atoms with Crippen LogP contribution in [0.5, 0.6) is 0 Å². The molecule has 0 aliphatic carbocycles. The van der Waals surface area contributed by atoms with Gasteiger partial charge in [0.05, 0.1) is 12.4 Å². The maximum Gasteiger partial charge on any atom is 0.225 e. The van der Waals surface area contributed by atoms with Crippen LogP contribution in [0, 0.1) is 0 Å². The predicted molar refractivity (Wildman–Crippen MR) is 57.4 cm³/mol. The van der Waals surface area contributed by atoms with Gasteiger partial charge in [-0.05, 0) is 24.3 Å². The normalized spacial score (nSPS) is 9.88. The average Bonchev–Trinajstić information content (AvgIpc) is 3.03. The van der Waals surface area contributed by atoms with Crippen molar-refractivity contribution in [3.8, 4) is 22.9 Å². The van der Waals surface area contributed by atoms with Crippen LogP contribution >= 0.6 is 0 Å². The zero-order valence-electron chi connectivity index (χ0n) is 9.04. The van der Waals surface area contributed by atoms with Crippen LogP contribution in [-0.4, -0.2) is 9.97 Å². The minimum atomic E-state index is 0. The number of rotatable bonds is 2. The van der Waals surface area contributed by atoms with E-state index in [1.165, 1.54) is 0 Å². The molecule has 0 spiro atoms. The second-order valence-corrected chi connectivity index (χ2v) is 3.25. The van der Waals surface area contributed by atoms with Crippen molar-refractivity contribution < 1.29 is 28.3 Å². The quantitative estimate of drug-likeness (QED) is 0.676. The third-order valence-corrected chi connectivity index (χ3v) is 2.24. The van der Waals surface area contributed by atoms with Crippen molar-refractivity contribution in [1.82, 2.24) is 9.97 Å². The number of hydrogen-bond acceptors (Lipinski definition) is 4.